The maximum Gasteiger partial charge on any atom is 0.230 e. The average Bonchev–Trinajstić information content (AvgIpc) is 2.93. The highest BCUT2D eigenvalue weighted by molar-refractivity contribution is 5.83. The highest BCUT2D eigenvalue weighted by Crippen LogP contribution is 2.47. The summed E-state index contributed by atoms with van der Waals surface area (Å²) in [7, 11) is 1.85. The molecule has 4 heteroatoms. The quantitative estimate of drug-likeness (QED) is 0.899. The van der Waals surface area contributed by atoms with E-state index in [-0.39, 0.29) is 11.3 Å². The number of carbonyl (C=O) groups is 1. The van der Waals surface area contributed by atoms with E-state index in [4.69, 9.17) is 10.2 Å². The van der Waals surface area contributed by atoms with Gasteiger partial charge in [0.2, 0.25) is 5.91 Å². The van der Waals surface area contributed by atoms with E-state index in [1.807, 2.05) is 13.1 Å². The first-order valence-corrected chi connectivity index (χ1v) is 7.60. The molecule has 0 spiro atoms. The minimum Gasteiger partial charge on any atom is -0.464 e. The summed E-state index contributed by atoms with van der Waals surface area (Å²) < 4.78 is 5.87. The van der Waals surface area contributed by atoms with E-state index >= 15 is 0 Å². The lowest BCUT2D eigenvalue weighted by Gasteiger charge is -2.41. The summed E-state index contributed by atoms with van der Waals surface area (Å²) in [6.45, 7) is 3.24. The van der Waals surface area contributed by atoms with Gasteiger partial charge in [0, 0.05) is 19.5 Å². The van der Waals surface area contributed by atoms with Gasteiger partial charge in [-0.15, -0.1) is 0 Å². The largest absolute Gasteiger partial charge is 0.464 e. The molecule has 3 rings (SSSR count). The third-order valence-corrected chi connectivity index (χ3v) is 5.05. The van der Waals surface area contributed by atoms with Crippen LogP contribution in [0, 0.1) is 11.3 Å². The molecule has 20 heavy (non-hydrogen) atoms. The number of hydrogen-bond donors (Lipinski definition) is 1. The molecule has 1 amide bonds. The number of amides is 1. The number of hydrogen-bond acceptors (Lipinski definition) is 3. The molecule has 0 aromatic carbocycles. The maximum atomic E-state index is 12.5. The van der Waals surface area contributed by atoms with Crippen LogP contribution in [0.1, 0.15) is 50.0 Å². The fourth-order valence-corrected chi connectivity index (χ4v) is 3.22. The van der Waals surface area contributed by atoms with Gasteiger partial charge < -0.3 is 15.1 Å². The fraction of sp³-hybridized carbons (Fsp3) is 0.688. The number of carbonyl (C=O) groups excluding carboxylic acids is 1. The molecule has 2 saturated carbocycles. The molecule has 2 aliphatic carbocycles. The summed E-state index contributed by atoms with van der Waals surface area (Å²) in [4.78, 5) is 14.3. The zero-order valence-corrected chi connectivity index (χ0v) is 12.4. The van der Waals surface area contributed by atoms with Crippen LogP contribution in [-0.4, -0.2) is 24.4 Å². The molecule has 1 aromatic rings. The van der Waals surface area contributed by atoms with E-state index in [9.17, 15) is 4.79 Å². The van der Waals surface area contributed by atoms with Gasteiger partial charge in [-0.25, -0.2) is 0 Å². The van der Waals surface area contributed by atoms with Gasteiger partial charge in [-0.2, -0.15) is 0 Å². The minimum atomic E-state index is -0.296. The van der Waals surface area contributed by atoms with Crippen molar-refractivity contribution in [2.24, 2.45) is 17.1 Å². The molecule has 2 unspecified atom stereocenters. The molecule has 2 atom stereocenters. The van der Waals surface area contributed by atoms with Gasteiger partial charge in [-0.05, 0) is 37.3 Å². The van der Waals surface area contributed by atoms with Crippen LogP contribution in [0.25, 0.3) is 0 Å². The number of nitrogens with two attached hydrogens (primary N) is 1. The lowest BCUT2D eigenvalue weighted by molar-refractivity contribution is -0.146. The minimum absolute atomic E-state index is 0.170. The van der Waals surface area contributed by atoms with Gasteiger partial charge >= 0.3 is 0 Å². The van der Waals surface area contributed by atoms with Crippen LogP contribution in [0.2, 0.25) is 0 Å². The molecule has 0 bridgehead atoms. The maximum absolute atomic E-state index is 12.5. The average molecular weight is 276 g/mol. The Bertz CT molecular complexity index is 499. The summed E-state index contributed by atoms with van der Waals surface area (Å²) in [5.41, 5.74) is 5.50. The third kappa shape index (κ3) is 2.26. The normalized spacial score (nSPS) is 26.9. The fourth-order valence-electron chi connectivity index (χ4n) is 3.22. The lowest BCUT2D eigenvalue weighted by atomic mass is 9.68. The second kappa shape index (κ2) is 4.92. The van der Waals surface area contributed by atoms with Crippen molar-refractivity contribution >= 4 is 5.91 Å². The zero-order valence-electron chi connectivity index (χ0n) is 12.4. The molecular weight excluding hydrogens is 252 g/mol. The third-order valence-electron chi connectivity index (χ3n) is 5.05. The second-order valence-corrected chi connectivity index (χ2v) is 6.62. The SMILES string of the molecule is CC1CC1c1ccc(CN(C)C(=O)C2(CN)CCC2)o1. The van der Waals surface area contributed by atoms with Crippen molar-refractivity contribution in [1.82, 2.24) is 4.90 Å². The topological polar surface area (TPSA) is 59.5 Å². The predicted octanol–water partition coefficient (Wildman–Crippen LogP) is 2.49. The van der Waals surface area contributed by atoms with Gasteiger partial charge in [0.15, 0.2) is 0 Å². The summed E-state index contributed by atoms with van der Waals surface area (Å²) in [5, 5.41) is 0. The number of nitrogens with zero attached hydrogens (tertiary/aromatic N) is 1. The molecule has 0 aliphatic heterocycles. The van der Waals surface area contributed by atoms with E-state index in [0.717, 1.165) is 36.7 Å². The number of rotatable bonds is 5. The lowest BCUT2D eigenvalue weighted by Crippen LogP contribution is -2.50. The molecule has 2 fully saturated rings. The van der Waals surface area contributed by atoms with Crippen molar-refractivity contribution in [3.05, 3.63) is 23.7 Å². The van der Waals surface area contributed by atoms with E-state index in [1.54, 1.807) is 4.90 Å². The second-order valence-electron chi connectivity index (χ2n) is 6.62. The van der Waals surface area contributed by atoms with Crippen LogP contribution in [0.5, 0.6) is 0 Å². The molecule has 2 aliphatic rings. The molecule has 1 aromatic heterocycles. The molecule has 2 N–H and O–H groups in total. The monoisotopic (exact) mass is 276 g/mol. The first kappa shape index (κ1) is 13.7. The Labute approximate surface area is 120 Å². The summed E-state index contributed by atoms with van der Waals surface area (Å²) in [5.74, 6) is 3.45. The van der Waals surface area contributed by atoms with Crippen LogP contribution in [0.3, 0.4) is 0 Å². The van der Waals surface area contributed by atoms with E-state index in [0.29, 0.717) is 19.0 Å². The van der Waals surface area contributed by atoms with Crippen molar-refractivity contribution < 1.29 is 9.21 Å². The Kier molecular flexibility index (Phi) is 3.36. The van der Waals surface area contributed by atoms with Crippen LogP contribution in [-0.2, 0) is 11.3 Å². The van der Waals surface area contributed by atoms with Crippen LogP contribution >= 0.6 is 0 Å². The molecule has 1 heterocycles. The highest BCUT2D eigenvalue weighted by Gasteiger charge is 2.44. The Balaban J connectivity index is 1.62. The van der Waals surface area contributed by atoms with Crippen LogP contribution in [0.15, 0.2) is 16.5 Å². The van der Waals surface area contributed by atoms with Gasteiger partial charge in [-0.1, -0.05) is 13.3 Å². The van der Waals surface area contributed by atoms with Crippen molar-refractivity contribution in [2.75, 3.05) is 13.6 Å². The predicted molar refractivity (Wildman–Crippen MR) is 77.0 cm³/mol. The van der Waals surface area contributed by atoms with E-state index in [2.05, 4.69) is 13.0 Å². The molecule has 4 nitrogen and oxygen atoms in total. The summed E-state index contributed by atoms with van der Waals surface area (Å²) in [6.07, 6.45) is 4.19. The first-order valence-electron chi connectivity index (χ1n) is 7.60. The summed E-state index contributed by atoms with van der Waals surface area (Å²) >= 11 is 0. The van der Waals surface area contributed by atoms with Crippen molar-refractivity contribution in [3.63, 3.8) is 0 Å². The Hall–Kier alpha value is -1.29. The van der Waals surface area contributed by atoms with Crippen molar-refractivity contribution in [1.29, 1.82) is 0 Å². The Morgan fingerprint density at radius 2 is 2.20 bits per heavy atom. The van der Waals surface area contributed by atoms with E-state index < -0.39 is 0 Å². The van der Waals surface area contributed by atoms with Gasteiger partial charge in [0.1, 0.15) is 11.5 Å². The molecule has 0 saturated heterocycles. The molecule has 110 valence electrons. The summed E-state index contributed by atoms with van der Waals surface area (Å²) in [6, 6.07) is 4.06. The molecular formula is C16H24N2O2. The van der Waals surface area contributed by atoms with Crippen molar-refractivity contribution in [2.45, 2.75) is 45.1 Å². The van der Waals surface area contributed by atoms with Gasteiger partial charge in [0.25, 0.3) is 0 Å². The van der Waals surface area contributed by atoms with Gasteiger partial charge in [0.05, 0.1) is 12.0 Å². The standard InChI is InChI=1S/C16H24N2O2/c1-11-8-13(11)14-5-4-12(20-14)9-18(2)15(19)16(10-17)6-3-7-16/h4-5,11,13H,3,6-10,17H2,1-2H3. The van der Waals surface area contributed by atoms with E-state index in [1.165, 1.54) is 6.42 Å². The van der Waals surface area contributed by atoms with Crippen LogP contribution in [0.4, 0.5) is 0 Å². The highest BCUT2D eigenvalue weighted by atomic mass is 16.3. The van der Waals surface area contributed by atoms with Crippen LogP contribution < -0.4 is 5.73 Å². The van der Waals surface area contributed by atoms with Gasteiger partial charge in [-0.3, -0.25) is 4.79 Å². The smallest absolute Gasteiger partial charge is 0.230 e. The Morgan fingerprint density at radius 1 is 1.50 bits per heavy atom. The number of furan rings is 1. The van der Waals surface area contributed by atoms with Crippen molar-refractivity contribution in [3.8, 4) is 0 Å². The molecule has 0 radical (unpaired) electrons. The zero-order chi connectivity index (χ0) is 14.3. The first-order chi connectivity index (χ1) is 9.55. The Morgan fingerprint density at radius 3 is 2.70 bits per heavy atom.